The van der Waals surface area contributed by atoms with Gasteiger partial charge < -0.3 is 15.4 Å². The molecule has 0 bridgehead atoms. The van der Waals surface area contributed by atoms with Gasteiger partial charge in [-0.1, -0.05) is 18.2 Å². The van der Waals surface area contributed by atoms with E-state index in [4.69, 9.17) is 5.11 Å². The number of thiophene rings is 1. The maximum absolute atomic E-state index is 11.0. The van der Waals surface area contributed by atoms with Gasteiger partial charge in [-0.15, -0.1) is 11.3 Å². The molecule has 0 aliphatic heterocycles. The number of carbonyl (C=O) groups is 1. The molecule has 108 valence electrons. The average Bonchev–Trinajstić information content (AvgIpc) is 3.13. The first-order valence-corrected chi connectivity index (χ1v) is 7.65. The summed E-state index contributed by atoms with van der Waals surface area (Å²) < 4.78 is 0. The van der Waals surface area contributed by atoms with E-state index in [1.54, 1.807) is 11.3 Å². The molecule has 4 nitrogen and oxygen atoms in total. The molecule has 0 saturated carbocycles. The normalized spacial score (nSPS) is 12.6. The molecule has 3 aromatic rings. The average molecular weight is 300 g/mol. The smallest absolute Gasteiger partial charge is 0.305 e. The van der Waals surface area contributed by atoms with E-state index in [9.17, 15) is 4.79 Å². The van der Waals surface area contributed by atoms with E-state index in [2.05, 4.69) is 16.4 Å². The van der Waals surface area contributed by atoms with Gasteiger partial charge in [-0.05, 0) is 29.1 Å². The summed E-state index contributed by atoms with van der Waals surface area (Å²) in [7, 11) is 0. The Morgan fingerprint density at radius 3 is 2.95 bits per heavy atom. The number of benzene rings is 1. The number of carboxylic acid groups (broad SMARTS) is 1. The lowest BCUT2D eigenvalue weighted by Crippen LogP contribution is -2.22. The molecule has 21 heavy (non-hydrogen) atoms. The molecule has 5 heteroatoms. The predicted octanol–water partition coefficient (Wildman–Crippen LogP) is 3.54. The Bertz CT molecular complexity index is 734. The third-order valence-electron chi connectivity index (χ3n) is 3.49. The van der Waals surface area contributed by atoms with Crippen molar-refractivity contribution in [1.82, 2.24) is 10.3 Å². The molecule has 0 amide bonds. The molecule has 2 aromatic heterocycles. The van der Waals surface area contributed by atoms with Crippen molar-refractivity contribution in [3.05, 3.63) is 58.4 Å². The SMILES string of the molecule is O=C(O)CC(NCc1cccc2[nH]ccc12)c1cccs1. The van der Waals surface area contributed by atoms with Crippen molar-refractivity contribution in [3.63, 3.8) is 0 Å². The zero-order valence-electron chi connectivity index (χ0n) is 11.4. The standard InChI is InChI=1S/C16H16N2O2S/c19-16(20)9-14(15-5-2-8-21-15)18-10-11-3-1-4-13-12(11)6-7-17-13/h1-8,14,17-18H,9-10H2,(H,19,20). The van der Waals surface area contributed by atoms with Gasteiger partial charge in [-0.2, -0.15) is 0 Å². The molecule has 0 spiro atoms. The second-order valence-electron chi connectivity index (χ2n) is 4.90. The van der Waals surface area contributed by atoms with Crippen LogP contribution in [0.3, 0.4) is 0 Å². The van der Waals surface area contributed by atoms with Crippen LogP contribution in [-0.2, 0) is 11.3 Å². The lowest BCUT2D eigenvalue weighted by Gasteiger charge is -2.16. The lowest BCUT2D eigenvalue weighted by molar-refractivity contribution is -0.137. The molecule has 1 aromatic carbocycles. The summed E-state index contributed by atoms with van der Waals surface area (Å²) in [6, 6.07) is 11.9. The van der Waals surface area contributed by atoms with Gasteiger partial charge in [-0.25, -0.2) is 0 Å². The Kier molecular flexibility index (Phi) is 4.03. The summed E-state index contributed by atoms with van der Waals surface area (Å²) in [6.07, 6.45) is 2.01. The Morgan fingerprint density at radius 1 is 1.29 bits per heavy atom. The number of fused-ring (bicyclic) bond motifs is 1. The quantitative estimate of drug-likeness (QED) is 0.652. The number of hydrogen-bond donors (Lipinski definition) is 3. The van der Waals surface area contributed by atoms with Crippen molar-refractivity contribution in [2.75, 3.05) is 0 Å². The summed E-state index contributed by atoms with van der Waals surface area (Å²) in [4.78, 5) is 15.3. The first-order valence-electron chi connectivity index (χ1n) is 6.77. The molecular formula is C16H16N2O2S. The number of nitrogens with one attached hydrogen (secondary N) is 2. The number of aromatic amines is 1. The number of H-pyrrole nitrogens is 1. The van der Waals surface area contributed by atoms with Gasteiger partial charge in [0.25, 0.3) is 0 Å². The van der Waals surface area contributed by atoms with Crippen LogP contribution in [0.5, 0.6) is 0 Å². The highest BCUT2D eigenvalue weighted by Gasteiger charge is 2.16. The minimum absolute atomic E-state index is 0.0869. The van der Waals surface area contributed by atoms with Crippen molar-refractivity contribution in [3.8, 4) is 0 Å². The largest absolute Gasteiger partial charge is 0.481 e. The van der Waals surface area contributed by atoms with Gasteiger partial charge in [0.15, 0.2) is 0 Å². The topological polar surface area (TPSA) is 65.1 Å². The fourth-order valence-electron chi connectivity index (χ4n) is 2.48. The second-order valence-corrected chi connectivity index (χ2v) is 5.88. The zero-order valence-corrected chi connectivity index (χ0v) is 12.2. The van der Waals surface area contributed by atoms with E-state index < -0.39 is 5.97 Å². The van der Waals surface area contributed by atoms with Gasteiger partial charge in [0, 0.05) is 28.5 Å². The van der Waals surface area contributed by atoms with Crippen LogP contribution in [0.25, 0.3) is 10.9 Å². The van der Waals surface area contributed by atoms with Gasteiger partial charge in [0.1, 0.15) is 0 Å². The highest BCUT2D eigenvalue weighted by atomic mass is 32.1. The Balaban J connectivity index is 1.77. The summed E-state index contributed by atoms with van der Waals surface area (Å²) in [5, 5.41) is 15.6. The monoisotopic (exact) mass is 300 g/mol. The van der Waals surface area contributed by atoms with Crippen molar-refractivity contribution in [2.24, 2.45) is 0 Å². The van der Waals surface area contributed by atoms with Crippen LogP contribution in [0, 0.1) is 0 Å². The fourth-order valence-corrected chi connectivity index (χ4v) is 3.28. The van der Waals surface area contributed by atoms with Crippen LogP contribution in [0.1, 0.15) is 22.9 Å². The number of carboxylic acids is 1. The minimum atomic E-state index is -0.791. The van der Waals surface area contributed by atoms with E-state index in [0.29, 0.717) is 6.54 Å². The predicted molar refractivity (Wildman–Crippen MR) is 84.5 cm³/mol. The third kappa shape index (κ3) is 3.15. The van der Waals surface area contributed by atoms with E-state index >= 15 is 0 Å². The van der Waals surface area contributed by atoms with Crippen LogP contribution >= 0.6 is 11.3 Å². The summed E-state index contributed by atoms with van der Waals surface area (Å²) in [6.45, 7) is 0.644. The molecule has 0 aliphatic rings. The molecule has 3 rings (SSSR count). The molecular weight excluding hydrogens is 284 g/mol. The van der Waals surface area contributed by atoms with E-state index in [1.807, 2.05) is 41.9 Å². The van der Waals surface area contributed by atoms with Crippen LogP contribution in [-0.4, -0.2) is 16.1 Å². The van der Waals surface area contributed by atoms with E-state index in [1.165, 1.54) is 10.9 Å². The van der Waals surface area contributed by atoms with Crippen LogP contribution in [0.4, 0.5) is 0 Å². The van der Waals surface area contributed by atoms with Crippen LogP contribution in [0.2, 0.25) is 0 Å². The van der Waals surface area contributed by atoms with Gasteiger partial charge in [0.05, 0.1) is 12.5 Å². The van der Waals surface area contributed by atoms with Gasteiger partial charge in [0.2, 0.25) is 0 Å². The fraction of sp³-hybridized carbons (Fsp3) is 0.188. The Hall–Kier alpha value is -2.11. The van der Waals surface area contributed by atoms with Crippen molar-refractivity contribution in [2.45, 2.75) is 19.0 Å². The highest BCUT2D eigenvalue weighted by Crippen LogP contribution is 2.24. The van der Waals surface area contributed by atoms with E-state index in [0.717, 1.165) is 10.4 Å². The van der Waals surface area contributed by atoms with Gasteiger partial charge in [-0.3, -0.25) is 4.79 Å². The maximum Gasteiger partial charge on any atom is 0.305 e. The zero-order chi connectivity index (χ0) is 14.7. The molecule has 0 fully saturated rings. The molecule has 0 aliphatic carbocycles. The first kappa shape index (κ1) is 13.9. The van der Waals surface area contributed by atoms with Gasteiger partial charge >= 0.3 is 5.97 Å². The summed E-state index contributed by atoms with van der Waals surface area (Å²) in [5.74, 6) is -0.791. The van der Waals surface area contributed by atoms with E-state index in [-0.39, 0.29) is 12.5 Å². The molecule has 1 unspecified atom stereocenters. The molecule has 0 radical (unpaired) electrons. The molecule has 2 heterocycles. The molecule has 3 N–H and O–H groups in total. The third-order valence-corrected chi connectivity index (χ3v) is 4.48. The first-order chi connectivity index (χ1) is 10.2. The maximum atomic E-state index is 11.0. The van der Waals surface area contributed by atoms with Crippen molar-refractivity contribution < 1.29 is 9.90 Å². The Morgan fingerprint density at radius 2 is 2.19 bits per heavy atom. The number of aromatic nitrogens is 1. The highest BCUT2D eigenvalue weighted by molar-refractivity contribution is 7.10. The second kappa shape index (κ2) is 6.11. The van der Waals surface area contributed by atoms with Crippen LogP contribution < -0.4 is 5.32 Å². The van der Waals surface area contributed by atoms with Crippen molar-refractivity contribution in [1.29, 1.82) is 0 Å². The van der Waals surface area contributed by atoms with Crippen LogP contribution in [0.15, 0.2) is 48.0 Å². The lowest BCUT2D eigenvalue weighted by atomic mass is 10.1. The minimum Gasteiger partial charge on any atom is -0.481 e. The molecule has 0 saturated heterocycles. The molecule has 1 atom stereocenters. The summed E-state index contributed by atoms with van der Waals surface area (Å²) >= 11 is 1.58. The Labute approximate surface area is 126 Å². The number of hydrogen-bond acceptors (Lipinski definition) is 3. The number of aliphatic carboxylic acids is 1. The summed E-state index contributed by atoms with van der Waals surface area (Å²) in [5.41, 5.74) is 2.26. The van der Waals surface area contributed by atoms with Crippen molar-refractivity contribution >= 4 is 28.2 Å². The number of rotatable bonds is 6.